The summed E-state index contributed by atoms with van der Waals surface area (Å²) in [5.74, 6) is 0. The Labute approximate surface area is 108 Å². The Morgan fingerprint density at radius 2 is 2.11 bits per heavy atom. The third kappa shape index (κ3) is 4.45. The van der Waals surface area contributed by atoms with Crippen LogP contribution in [-0.2, 0) is 10.0 Å². The van der Waals surface area contributed by atoms with Gasteiger partial charge in [-0.25, -0.2) is 13.1 Å². The van der Waals surface area contributed by atoms with Crippen molar-refractivity contribution in [1.29, 1.82) is 5.26 Å². The van der Waals surface area contributed by atoms with Gasteiger partial charge in [-0.3, -0.25) is 0 Å². The highest BCUT2D eigenvalue weighted by Crippen LogP contribution is 2.10. The molecular formula is C12H17N3O2S. The van der Waals surface area contributed by atoms with Crippen LogP contribution < -0.4 is 10.0 Å². The number of sulfonamides is 1. The van der Waals surface area contributed by atoms with E-state index in [1.807, 2.05) is 13.0 Å². The highest BCUT2D eigenvalue weighted by molar-refractivity contribution is 7.89. The van der Waals surface area contributed by atoms with Gasteiger partial charge in [0.25, 0.3) is 0 Å². The third-order valence-electron chi connectivity index (χ3n) is 2.35. The van der Waals surface area contributed by atoms with E-state index in [0.717, 1.165) is 19.5 Å². The molecule has 0 fully saturated rings. The van der Waals surface area contributed by atoms with Crippen molar-refractivity contribution in [2.75, 3.05) is 19.6 Å². The zero-order valence-electron chi connectivity index (χ0n) is 10.3. The first kappa shape index (κ1) is 14.6. The van der Waals surface area contributed by atoms with Gasteiger partial charge in [-0.2, -0.15) is 5.26 Å². The van der Waals surface area contributed by atoms with E-state index in [0.29, 0.717) is 12.1 Å². The second-order valence-electron chi connectivity index (χ2n) is 3.74. The van der Waals surface area contributed by atoms with Crippen molar-refractivity contribution >= 4 is 10.0 Å². The van der Waals surface area contributed by atoms with E-state index >= 15 is 0 Å². The molecule has 0 saturated carbocycles. The van der Waals surface area contributed by atoms with Crippen LogP contribution in [0.25, 0.3) is 0 Å². The molecule has 0 atom stereocenters. The first-order valence-electron chi connectivity index (χ1n) is 5.80. The Hall–Kier alpha value is -1.42. The molecule has 0 radical (unpaired) electrons. The number of nitrogens with one attached hydrogen (secondary N) is 2. The van der Waals surface area contributed by atoms with Crippen LogP contribution in [0.2, 0.25) is 0 Å². The molecule has 98 valence electrons. The first-order valence-corrected chi connectivity index (χ1v) is 7.29. The maximum Gasteiger partial charge on any atom is 0.240 e. The standard InChI is InChI=1S/C12H17N3O2S/c1-2-14-7-4-8-15-18(16,17)12-6-3-5-11(9-12)10-13/h3,5-6,9,14-15H,2,4,7-8H2,1H3. The normalized spacial score (nSPS) is 11.1. The van der Waals surface area contributed by atoms with Gasteiger partial charge in [-0.15, -0.1) is 0 Å². The van der Waals surface area contributed by atoms with Gasteiger partial charge in [0.1, 0.15) is 0 Å². The zero-order chi connectivity index (χ0) is 13.4. The van der Waals surface area contributed by atoms with Gasteiger partial charge in [0, 0.05) is 6.54 Å². The van der Waals surface area contributed by atoms with Gasteiger partial charge in [-0.05, 0) is 37.7 Å². The van der Waals surface area contributed by atoms with Crippen molar-refractivity contribution in [2.24, 2.45) is 0 Å². The third-order valence-corrected chi connectivity index (χ3v) is 3.80. The fourth-order valence-corrected chi connectivity index (χ4v) is 2.53. The number of hydrogen-bond acceptors (Lipinski definition) is 4. The van der Waals surface area contributed by atoms with E-state index in [1.54, 1.807) is 12.1 Å². The topological polar surface area (TPSA) is 82.0 Å². The highest BCUT2D eigenvalue weighted by atomic mass is 32.2. The van der Waals surface area contributed by atoms with Crippen LogP contribution >= 0.6 is 0 Å². The predicted octanol–water partition coefficient (Wildman–Crippen LogP) is 0.836. The molecule has 1 rings (SSSR count). The fraction of sp³-hybridized carbons (Fsp3) is 0.417. The molecule has 1 aromatic rings. The molecule has 18 heavy (non-hydrogen) atoms. The van der Waals surface area contributed by atoms with E-state index in [1.165, 1.54) is 12.1 Å². The molecule has 5 nitrogen and oxygen atoms in total. The van der Waals surface area contributed by atoms with Crippen LogP contribution in [0.3, 0.4) is 0 Å². The lowest BCUT2D eigenvalue weighted by Crippen LogP contribution is -2.27. The monoisotopic (exact) mass is 267 g/mol. The smallest absolute Gasteiger partial charge is 0.240 e. The summed E-state index contributed by atoms with van der Waals surface area (Å²) in [6.07, 6.45) is 0.727. The van der Waals surface area contributed by atoms with Gasteiger partial charge in [0.2, 0.25) is 10.0 Å². The van der Waals surface area contributed by atoms with Crippen LogP contribution in [-0.4, -0.2) is 28.1 Å². The number of hydrogen-bond donors (Lipinski definition) is 2. The van der Waals surface area contributed by atoms with Gasteiger partial charge >= 0.3 is 0 Å². The molecule has 0 saturated heterocycles. The van der Waals surface area contributed by atoms with Crippen molar-refractivity contribution in [1.82, 2.24) is 10.0 Å². The van der Waals surface area contributed by atoms with Crippen LogP contribution in [0.1, 0.15) is 18.9 Å². The average molecular weight is 267 g/mol. The summed E-state index contributed by atoms with van der Waals surface area (Å²) in [5, 5.41) is 11.8. The van der Waals surface area contributed by atoms with Crippen molar-refractivity contribution in [3.8, 4) is 6.07 Å². The molecule has 0 heterocycles. The molecule has 0 unspecified atom stereocenters. The fourth-order valence-electron chi connectivity index (χ4n) is 1.41. The molecule has 0 aliphatic rings. The van der Waals surface area contributed by atoms with Crippen LogP contribution in [0.4, 0.5) is 0 Å². The van der Waals surface area contributed by atoms with Crippen LogP contribution in [0.5, 0.6) is 0 Å². The Balaban J connectivity index is 2.60. The molecule has 2 N–H and O–H groups in total. The summed E-state index contributed by atoms with van der Waals surface area (Å²) in [4.78, 5) is 0.130. The van der Waals surface area contributed by atoms with E-state index < -0.39 is 10.0 Å². The molecular weight excluding hydrogens is 250 g/mol. The maximum atomic E-state index is 11.9. The minimum Gasteiger partial charge on any atom is -0.317 e. The largest absolute Gasteiger partial charge is 0.317 e. The van der Waals surface area contributed by atoms with Gasteiger partial charge < -0.3 is 5.32 Å². The lowest BCUT2D eigenvalue weighted by atomic mass is 10.2. The number of rotatable bonds is 7. The molecule has 0 bridgehead atoms. The lowest BCUT2D eigenvalue weighted by Gasteiger charge is -2.07. The number of benzene rings is 1. The second kappa shape index (κ2) is 7.11. The highest BCUT2D eigenvalue weighted by Gasteiger charge is 2.13. The van der Waals surface area contributed by atoms with Crippen molar-refractivity contribution in [3.05, 3.63) is 29.8 Å². The Morgan fingerprint density at radius 3 is 2.78 bits per heavy atom. The summed E-state index contributed by atoms with van der Waals surface area (Å²) in [6.45, 7) is 4.03. The van der Waals surface area contributed by atoms with Crippen molar-refractivity contribution in [3.63, 3.8) is 0 Å². The van der Waals surface area contributed by atoms with Gasteiger partial charge in [0.05, 0.1) is 16.5 Å². The van der Waals surface area contributed by atoms with Gasteiger partial charge in [0.15, 0.2) is 0 Å². The van der Waals surface area contributed by atoms with E-state index in [-0.39, 0.29) is 4.90 Å². The zero-order valence-corrected chi connectivity index (χ0v) is 11.1. The molecule has 0 amide bonds. The summed E-state index contributed by atoms with van der Waals surface area (Å²) >= 11 is 0. The minimum atomic E-state index is -3.51. The SMILES string of the molecule is CCNCCCNS(=O)(=O)c1cccc(C#N)c1. The van der Waals surface area contributed by atoms with Crippen molar-refractivity contribution in [2.45, 2.75) is 18.2 Å². The molecule has 1 aromatic carbocycles. The van der Waals surface area contributed by atoms with E-state index in [9.17, 15) is 8.42 Å². The average Bonchev–Trinajstić information content (AvgIpc) is 2.38. The molecule has 0 aliphatic carbocycles. The second-order valence-corrected chi connectivity index (χ2v) is 5.51. The van der Waals surface area contributed by atoms with Crippen LogP contribution in [0.15, 0.2) is 29.2 Å². The molecule has 0 spiro atoms. The van der Waals surface area contributed by atoms with E-state index in [4.69, 9.17) is 5.26 Å². The molecule has 6 heteroatoms. The van der Waals surface area contributed by atoms with Crippen molar-refractivity contribution < 1.29 is 8.42 Å². The quantitative estimate of drug-likeness (QED) is 0.717. The predicted molar refractivity (Wildman–Crippen MR) is 69.5 cm³/mol. The van der Waals surface area contributed by atoms with E-state index in [2.05, 4.69) is 10.0 Å². The van der Waals surface area contributed by atoms with Gasteiger partial charge in [-0.1, -0.05) is 13.0 Å². The molecule has 0 aliphatic heterocycles. The maximum absolute atomic E-state index is 11.9. The number of nitrogens with zero attached hydrogens (tertiary/aromatic N) is 1. The Morgan fingerprint density at radius 1 is 1.33 bits per heavy atom. The van der Waals surface area contributed by atoms with Crippen LogP contribution in [0, 0.1) is 11.3 Å². The molecule has 0 aromatic heterocycles. The first-order chi connectivity index (χ1) is 8.60. The summed E-state index contributed by atoms with van der Waals surface area (Å²) in [6, 6.07) is 7.90. The Bertz CT molecular complexity index is 520. The summed E-state index contributed by atoms with van der Waals surface area (Å²) < 4.78 is 26.3. The number of nitriles is 1. The lowest BCUT2D eigenvalue weighted by molar-refractivity contribution is 0.575. The Kier molecular flexibility index (Phi) is 5.78. The minimum absolute atomic E-state index is 0.130. The summed E-state index contributed by atoms with van der Waals surface area (Å²) in [5.41, 5.74) is 0.338. The summed E-state index contributed by atoms with van der Waals surface area (Å²) in [7, 11) is -3.51.